The lowest BCUT2D eigenvalue weighted by atomic mass is 10.3. The lowest BCUT2D eigenvalue weighted by Gasteiger charge is -2.36. The van der Waals surface area contributed by atoms with Crippen LogP contribution in [0.1, 0.15) is 0 Å². The van der Waals surface area contributed by atoms with E-state index in [1.165, 1.54) is 0 Å². The van der Waals surface area contributed by atoms with Crippen LogP contribution < -0.4 is 14.7 Å². The molecule has 9 heteroatoms. The van der Waals surface area contributed by atoms with Gasteiger partial charge in [-0.1, -0.05) is 11.6 Å². The van der Waals surface area contributed by atoms with Crippen molar-refractivity contribution in [2.45, 2.75) is 0 Å². The van der Waals surface area contributed by atoms with E-state index in [4.69, 9.17) is 21.3 Å². The van der Waals surface area contributed by atoms with Gasteiger partial charge in [0, 0.05) is 51.7 Å². The van der Waals surface area contributed by atoms with Crippen molar-refractivity contribution in [1.29, 1.82) is 0 Å². The predicted molar refractivity (Wildman–Crippen MR) is 106 cm³/mol. The van der Waals surface area contributed by atoms with Gasteiger partial charge in [-0.2, -0.15) is 4.98 Å². The summed E-state index contributed by atoms with van der Waals surface area (Å²) in [6, 6.07) is 3.85. The van der Waals surface area contributed by atoms with E-state index in [0.29, 0.717) is 5.02 Å². The fourth-order valence-electron chi connectivity index (χ4n) is 3.22. The molecular weight excluding hydrogens is 420 g/mol. The minimum Gasteiger partial charge on any atom is -0.378 e. The molecule has 0 unspecified atom stereocenters. The van der Waals surface area contributed by atoms with Crippen molar-refractivity contribution < 1.29 is 4.74 Å². The van der Waals surface area contributed by atoms with E-state index < -0.39 is 0 Å². The topological polar surface area (TPSA) is 57.6 Å². The van der Waals surface area contributed by atoms with Crippen molar-refractivity contribution in [3.63, 3.8) is 0 Å². The number of anilines is 3. The van der Waals surface area contributed by atoms with Crippen molar-refractivity contribution in [3.05, 3.63) is 34.0 Å². The van der Waals surface area contributed by atoms with Gasteiger partial charge in [0.25, 0.3) is 0 Å². The first-order valence-corrected chi connectivity index (χ1v) is 9.84. The average Bonchev–Trinajstić information content (AvgIpc) is 2.69. The molecule has 0 aliphatic carbocycles. The fourth-order valence-corrected chi connectivity index (χ4v) is 4.11. The number of pyridine rings is 1. The third-order valence-electron chi connectivity index (χ3n) is 4.61. The van der Waals surface area contributed by atoms with E-state index >= 15 is 0 Å². The highest BCUT2D eigenvalue weighted by molar-refractivity contribution is 9.10. The molecule has 0 saturated carbocycles. The maximum Gasteiger partial charge on any atom is 0.227 e. The summed E-state index contributed by atoms with van der Waals surface area (Å²) in [4.78, 5) is 20.4. The Labute approximate surface area is 166 Å². The number of halogens is 2. The lowest BCUT2D eigenvalue weighted by Crippen LogP contribution is -2.47. The maximum atomic E-state index is 5.99. The summed E-state index contributed by atoms with van der Waals surface area (Å²) in [6.45, 7) is 6.67. The molecular formula is C17H20BrClN6O. The van der Waals surface area contributed by atoms with Crippen LogP contribution in [0, 0.1) is 0 Å². The van der Waals surface area contributed by atoms with Crippen LogP contribution in [-0.4, -0.2) is 67.4 Å². The fraction of sp³-hybridized carbons (Fsp3) is 0.471. The SMILES string of the molecule is Clc1cnc(N2CCN(c3nccc(N4CCOCC4)n3)CC2)c(Br)c1. The molecule has 4 rings (SSSR count). The molecule has 138 valence electrons. The lowest BCUT2D eigenvalue weighted by molar-refractivity contribution is 0.122. The zero-order valence-corrected chi connectivity index (χ0v) is 16.7. The van der Waals surface area contributed by atoms with Gasteiger partial charge in [-0.25, -0.2) is 9.97 Å². The number of piperazine rings is 1. The molecule has 0 radical (unpaired) electrons. The zero-order chi connectivity index (χ0) is 17.9. The number of rotatable bonds is 3. The summed E-state index contributed by atoms with van der Waals surface area (Å²) in [6.07, 6.45) is 3.53. The monoisotopic (exact) mass is 438 g/mol. The number of hydrogen-bond acceptors (Lipinski definition) is 7. The molecule has 0 N–H and O–H groups in total. The maximum absolute atomic E-state index is 5.99. The second-order valence-electron chi connectivity index (χ2n) is 6.25. The van der Waals surface area contributed by atoms with Crippen LogP contribution in [0.3, 0.4) is 0 Å². The van der Waals surface area contributed by atoms with Crippen LogP contribution in [0.5, 0.6) is 0 Å². The highest BCUT2D eigenvalue weighted by atomic mass is 79.9. The molecule has 7 nitrogen and oxygen atoms in total. The highest BCUT2D eigenvalue weighted by Gasteiger charge is 2.22. The van der Waals surface area contributed by atoms with Gasteiger partial charge < -0.3 is 19.4 Å². The van der Waals surface area contributed by atoms with Gasteiger partial charge >= 0.3 is 0 Å². The Kier molecular flexibility index (Phi) is 5.42. The van der Waals surface area contributed by atoms with Crippen LogP contribution in [0.15, 0.2) is 29.0 Å². The first-order valence-electron chi connectivity index (χ1n) is 8.67. The molecule has 2 aliphatic rings. The van der Waals surface area contributed by atoms with E-state index in [1.54, 1.807) is 6.20 Å². The normalized spacial score (nSPS) is 18.3. The molecule has 2 aromatic heterocycles. The summed E-state index contributed by atoms with van der Waals surface area (Å²) < 4.78 is 6.34. The van der Waals surface area contributed by atoms with Crippen LogP contribution in [-0.2, 0) is 4.74 Å². The Hall–Kier alpha value is -1.64. The smallest absolute Gasteiger partial charge is 0.227 e. The first-order chi connectivity index (χ1) is 12.7. The van der Waals surface area contributed by atoms with Gasteiger partial charge in [0.2, 0.25) is 5.95 Å². The van der Waals surface area contributed by atoms with Gasteiger partial charge in [-0.3, -0.25) is 0 Å². The summed E-state index contributed by atoms with van der Waals surface area (Å²) in [5, 5.41) is 0.632. The van der Waals surface area contributed by atoms with E-state index in [0.717, 1.165) is 74.5 Å². The average molecular weight is 440 g/mol. The van der Waals surface area contributed by atoms with Gasteiger partial charge in [0.15, 0.2) is 0 Å². The predicted octanol–water partition coefficient (Wildman–Crippen LogP) is 2.45. The molecule has 0 amide bonds. The number of aromatic nitrogens is 3. The number of morpholine rings is 1. The second-order valence-corrected chi connectivity index (χ2v) is 7.54. The Morgan fingerprint density at radius 2 is 1.69 bits per heavy atom. The first kappa shape index (κ1) is 17.8. The third-order valence-corrected chi connectivity index (χ3v) is 5.40. The Morgan fingerprint density at radius 3 is 2.42 bits per heavy atom. The van der Waals surface area contributed by atoms with E-state index in [1.807, 2.05) is 18.3 Å². The quantitative estimate of drug-likeness (QED) is 0.728. The molecule has 2 fully saturated rings. The van der Waals surface area contributed by atoms with Crippen molar-refractivity contribution in [3.8, 4) is 0 Å². The van der Waals surface area contributed by atoms with Crippen molar-refractivity contribution >= 4 is 45.1 Å². The summed E-state index contributed by atoms with van der Waals surface area (Å²) in [7, 11) is 0. The Morgan fingerprint density at radius 1 is 0.962 bits per heavy atom. The summed E-state index contributed by atoms with van der Waals surface area (Å²) in [5.74, 6) is 2.69. The Balaban J connectivity index is 1.43. The molecule has 2 aliphatic heterocycles. The van der Waals surface area contributed by atoms with Crippen molar-refractivity contribution in [1.82, 2.24) is 15.0 Å². The molecule has 0 bridgehead atoms. The molecule has 0 aromatic carbocycles. The third kappa shape index (κ3) is 3.87. The second kappa shape index (κ2) is 7.94. The van der Waals surface area contributed by atoms with Crippen LogP contribution >= 0.6 is 27.5 Å². The Bertz CT molecular complexity index is 765. The standard InChI is InChI=1S/C17H20BrClN6O/c18-14-11-13(19)12-21-16(14)24-3-5-25(6-4-24)17-20-2-1-15(22-17)23-7-9-26-10-8-23/h1-2,11-12H,3-10H2. The molecule has 26 heavy (non-hydrogen) atoms. The van der Waals surface area contributed by atoms with Gasteiger partial charge in [0.05, 0.1) is 22.7 Å². The van der Waals surface area contributed by atoms with Crippen LogP contribution in [0.2, 0.25) is 5.02 Å². The molecule has 0 atom stereocenters. The van der Waals surface area contributed by atoms with E-state index in [9.17, 15) is 0 Å². The van der Waals surface area contributed by atoms with Gasteiger partial charge in [0.1, 0.15) is 11.6 Å². The molecule has 0 spiro atoms. The number of nitrogens with zero attached hydrogens (tertiary/aromatic N) is 6. The van der Waals surface area contributed by atoms with Crippen LogP contribution in [0.25, 0.3) is 0 Å². The van der Waals surface area contributed by atoms with Crippen LogP contribution in [0.4, 0.5) is 17.6 Å². The van der Waals surface area contributed by atoms with Crippen molar-refractivity contribution in [2.75, 3.05) is 67.2 Å². The highest BCUT2D eigenvalue weighted by Crippen LogP contribution is 2.27. The minimum absolute atomic E-state index is 0.632. The van der Waals surface area contributed by atoms with Crippen molar-refractivity contribution in [2.24, 2.45) is 0 Å². The van der Waals surface area contributed by atoms with Gasteiger partial charge in [-0.05, 0) is 28.1 Å². The molecule has 2 aromatic rings. The van der Waals surface area contributed by atoms with E-state index in [2.05, 4.69) is 40.6 Å². The zero-order valence-electron chi connectivity index (χ0n) is 14.3. The largest absolute Gasteiger partial charge is 0.378 e. The molecule has 4 heterocycles. The van der Waals surface area contributed by atoms with Gasteiger partial charge in [-0.15, -0.1) is 0 Å². The summed E-state index contributed by atoms with van der Waals surface area (Å²) >= 11 is 9.54. The molecule has 2 saturated heterocycles. The summed E-state index contributed by atoms with van der Waals surface area (Å²) in [5.41, 5.74) is 0. The minimum atomic E-state index is 0.632. The number of hydrogen-bond donors (Lipinski definition) is 0. The number of ether oxygens (including phenoxy) is 1. The van der Waals surface area contributed by atoms with E-state index in [-0.39, 0.29) is 0 Å².